The molecule has 0 aliphatic carbocycles. The third-order valence-corrected chi connectivity index (χ3v) is 4.67. The van der Waals surface area contributed by atoms with Crippen LogP contribution in [0.5, 0.6) is 0 Å². The van der Waals surface area contributed by atoms with Crippen molar-refractivity contribution in [2.45, 2.75) is 25.4 Å². The molecule has 1 heterocycles. The standard InChI is InChI=1S/C20H25N3O/c21-20(24)18-10-8-16(9-11-18)14-22-15-19(23-12-4-5-13-23)17-6-2-1-3-7-17/h1-3,6-11,19,22H,4-5,12-15H2,(H2,21,24)/t19-/m1/s1. The Balaban J connectivity index is 1.60. The summed E-state index contributed by atoms with van der Waals surface area (Å²) >= 11 is 0. The zero-order valence-electron chi connectivity index (χ0n) is 13.9. The molecule has 1 amide bonds. The van der Waals surface area contributed by atoms with E-state index in [1.165, 1.54) is 31.5 Å². The fraction of sp³-hybridized carbons (Fsp3) is 0.350. The van der Waals surface area contributed by atoms with Crippen LogP contribution in [0.1, 0.15) is 40.4 Å². The summed E-state index contributed by atoms with van der Waals surface area (Å²) in [4.78, 5) is 13.7. The molecule has 0 spiro atoms. The Bertz CT molecular complexity index is 648. The van der Waals surface area contributed by atoms with Gasteiger partial charge in [-0.25, -0.2) is 0 Å². The Labute approximate surface area is 143 Å². The van der Waals surface area contributed by atoms with E-state index in [4.69, 9.17) is 5.73 Å². The third-order valence-electron chi connectivity index (χ3n) is 4.67. The predicted molar refractivity (Wildman–Crippen MR) is 96.7 cm³/mol. The first kappa shape index (κ1) is 16.7. The molecule has 4 heteroatoms. The molecular weight excluding hydrogens is 298 g/mol. The first-order valence-corrected chi connectivity index (χ1v) is 8.62. The molecule has 1 aliphatic heterocycles. The Hall–Kier alpha value is -2.17. The second-order valence-corrected chi connectivity index (χ2v) is 6.36. The number of nitrogens with two attached hydrogens (primary N) is 1. The van der Waals surface area contributed by atoms with E-state index in [0.717, 1.165) is 18.7 Å². The number of carbonyl (C=O) groups excluding carboxylic acids is 1. The number of nitrogens with zero attached hydrogens (tertiary/aromatic N) is 1. The van der Waals surface area contributed by atoms with E-state index in [0.29, 0.717) is 11.6 Å². The van der Waals surface area contributed by atoms with Crippen LogP contribution in [0.3, 0.4) is 0 Å². The Morgan fingerprint density at radius 2 is 1.71 bits per heavy atom. The highest BCUT2D eigenvalue weighted by atomic mass is 16.1. The van der Waals surface area contributed by atoms with Gasteiger partial charge in [-0.1, -0.05) is 42.5 Å². The van der Waals surface area contributed by atoms with Crippen molar-refractivity contribution in [3.63, 3.8) is 0 Å². The van der Waals surface area contributed by atoms with E-state index in [1.54, 1.807) is 12.1 Å². The van der Waals surface area contributed by atoms with Gasteiger partial charge in [-0.05, 0) is 49.2 Å². The molecule has 0 saturated carbocycles. The molecule has 0 unspecified atom stereocenters. The number of carbonyl (C=O) groups is 1. The zero-order valence-corrected chi connectivity index (χ0v) is 13.9. The van der Waals surface area contributed by atoms with Gasteiger partial charge in [0.15, 0.2) is 0 Å². The average molecular weight is 323 g/mol. The Morgan fingerprint density at radius 1 is 1.04 bits per heavy atom. The van der Waals surface area contributed by atoms with Gasteiger partial charge in [0.1, 0.15) is 0 Å². The van der Waals surface area contributed by atoms with Crippen molar-refractivity contribution in [2.75, 3.05) is 19.6 Å². The van der Waals surface area contributed by atoms with Crippen LogP contribution in [-0.2, 0) is 6.54 Å². The van der Waals surface area contributed by atoms with E-state index >= 15 is 0 Å². The quantitative estimate of drug-likeness (QED) is 0.824. The van der Waals surface area contributed by atoms with Gasteiger partial charge in [0, 0.05) is 24.7 Å². The Morgan fingerprint density at radius 3 is 2.33 bits per heavy atom. The van der Waals surface area contributed by atoms with Crippen molar-refractivity contribution < 1.29 is 4.79 Å². The van der Waals surface area contributed by atoms with Crippen LogP contribution in [0, 0.1) is 0 Å². The molecule has 126 valence electrons. The van der Waals surface area contributed by atoms with Crippen molar-refractivity contribution in [3.8, 4) is 0 Å². The number of rotatable bonds is 7. The highest BCUT2D eigenvalue weighted by Gasteiger charge is 2.22. The lowest BCUT2D eigenvalue weighted by Crippen LogP contribution is -2.34. The molecule has 4 nitrogen and oxygen atoms in total. The number of likely N-dealkylation sites (tertiary alicyclic amines) is 1. The number of benzene rings is 2. The predicted octanol–water partition coefficient (Wildman–Crippen LogP) is 2.71. The van der Waals surface area contributed by atoms with Crippen LogP contribution < -0.4 is 11.1 Å². The van der Waals surface area contributed by atoms with E-state index in [2.05, 4.69) is 40.5 Å². The minimum Gasteiger partial charge on any atom is -0.366 e. The molecule has 2 aromatic rings. The van der Waals surface area contributed by atoms with Gasteiger partial charge in [-0.15, -0.1) is 0 Å². The summed E-state index contributed by atoms with van der Waals surface area (Å²) in [6, 6.07) is 18.6. The van der Waals surface area contributed by atoms with Crippen LogP contribution in [0.4, 0.5) is 0 Å². The van der Waals surface area contributed by atoms with E-state index in [9.17, 15) is 4.79 Å². The largest absolute Gasteiger partial charge is 0.366 e. The second-order valence-electron chi connectivity index (χ2n) is 6.36. The molecule has 1 atom stereocenters. The number of nitrogens with one attached hydrogen (secondary N) is 1. The van der Waals surface area contributed by atoms with Gasteiger partial charge in [-0.2, -0.15) is 0 Å². The molecule has 2 aromatic carbocycles. The maximum atomic E-state index is 11.1. The number of primary amides is 1. The molecule has 24 heavy (non-hydrogen) atoms. The minimum atomic E-state index is -0.382. The monoisotopic (exact) mass is 323 g/mol. The molecule has 0 aromatic heterocycles. The molecule has 0 radical (unpaired) electrons. The Kier molecular flexibility index (Phi) is 5.62. The highest BCUT2D eigenvalue weighted by Crippen LogP contribution is 2.24. The molecular formula is C20H25N3O. The molecule has 1 fully saturated rings. The first-order chi connectivity index (χ1) is 11.7. The van der Waals surface area contributed by atoms with E-state index in [-0.39, 0.29) is 5.91 Å². The summed E-state index contributed by atoms with van der Waals surface area (Å²) in [5, 5.41) is 3.57. The molecule has 3 rings (SSSR count). The van der Waals surface area contributed by atoms with Gasteiger partial charge in [-0.3, -0.25) is 9.69 Å². The van der Waals surface area contributed by atoms with Crippen molar-refractivity contribution in [1.29, 1.82) is 0 Å². The van der Waals surface area contributed by atoms with Crippen LogP contribution in [0.2, 0.25) is 0 Å². The van der Waals surface area contributed by atoms with Crippen LogP contribution in [0.15, 0.2) is 54.6 Å². The fourth-order valence-electron chi connectivity index (χ4n) is 3.33. The lowest BCUT2D eigenvalue weighted by atomic mass is 10.1. The lowest BCUT2D eigenvalue weighted by Gasteiger charge is -2.28. The van der Waals surface area contributed by atoms with Crippen molar-refractivity contribution in [1.82, 2.24) is 10.2 Å². The summed E-state index contributed by atoms with van der Waals surface area (Å²) in [5.74, 6) is -0.382. The van der Waals surface area contributed by atoms with Gasteiger partial charge >= 0.3 is 0 Å². The number of hydrogen-bond donors (Lipinski definition) is 2. The smallest absolute Gasteiger partial charge is 0.248 e. The zero-order chi connectivity index (χ0) is 16.8. The van der Waals surface area contributed by atoms with Gasteiger partial charge in [0.2, 0.25) is 5.91 Å². The first-order valence-electron chi connectivity index (χ1n) is 8.62. The van der Waals surface area contributed by atoms with Crippen molar-refractivity contribution >= 4 is 5.91 Å². The minimum absolute atomic E-state index is 0.382. The normalized spacial score (nSPS) is 16.2. The SMILES string of the molecule is NC(=O)c1ccc(CNC[C@H](c2ccccc2)N2CCCC2)cc1. The number of hydrogen-bond acceptors (Lipinski definition) is 3. The van der Waals surface area contributed by atoms with E-state index < -0.39 is 0 Å². The van der Waals surface area contributed by atoms with Crippen LogP contribution in [0.25, 0.3) is 0 Å². The van der Waals surface area contributed by atoms with Gasteiger partial charge < -0.3 is 11.1 Å². The summed E-state index contributed by atoms with van der Waals surface area (Å²) < 4.78 is 0. The van der Waals surface area contributed by atoms with Gasteiger partial charge in [0.05, 0.1) is 0 Å². The second kappa shape index (κ2) is 8.08. The van der Waals surface area contributed by atoms with Crippen molar-refractivity contribution in [3.05, 3.63) is 71.3 Å². The summed E-state index contributed by atoms with van der Waals surface area (Å²) in [7, 11) is 0. The molecule has 0 bridgehead atoms. The summed E-state index contributed by atoms with van der Waals surface area (Å²) in [6.45, 7) is 4.06. The summed E-state index contributed by atoms with van der Waals surface area (Å²) in [5.41, 5.74) is 8.36. The maximum absolute atomic E-state index is 11.1. The van der Waals surface area contributed by atoms with Crippen LogP contribution in [-0.4, -0.2) is 30.4 Å². The molecule has 1 aliphatic rings. The van der Waals surface area contributed by atoms with Crippen LogP contribution >= 0.6 is 0 Å². The average Bonchev–Trinajstić information content (AvgIpc) is 3.14. The van der Waals surface area contributed by atoms with Gasteiger partial charge in [0.25, 0.3) is 0 Å². The summed E-state index contributed by atoms with van der Waals surface area (Å²) in [6.07, 6.45) is 2.58. The number of amides is 1. The maximum Gasteiger partial charge on any atom is 0.248 e. The molecule has 3 N–H and O–H groups in total. The van der Waals surface area contributed by atoms with E-state index in [1.807, 2.05) is 12.1 Å². The lowest BCUT2D eigenvalue weighted by molar-refractivity contribution is 0.100. The topological polar surface area (TPSA) is 58.4 Å². The fourth-order valence-corrected chi connectivity index (χ4v) is 3.33. The third kappa shape index (κ3) is 4.22. The molecule has 1 saturated heterocycles. The highest BCUT2D eigenvalue weighted by molar-refractivity contribution is 5.92. The van der Waals surface area contributed by atoms with Crippen molar-refractivity contribution in [2.24, 2.45) is 5.73 Å².